The molecule has 0 spiro atoms. The van der Waals surface area contributed by atoms with E-state index in [1.54, 1.807) is 5.32 Å². The molecule has 10 heavy (non-hydrogen) atoms. The van der Waals surface area contributed by atoms with Crippen LogP contribution in [0.4, 0.5) is 17.6 Å². The molecule has 0 saturated heterocycles. The minimum atomic E-state index is -4.79. The fourth-order valence-corrected chi connectivity index (χ4v) is 0.387. The molecule has 1 atom stereocenters. The van der Waals surface area contributed by atoms with Gasteiger partial charge in [-0.2, -0.15) is 13.2 Å². The first-order valence-corrected chi connectivity index (χ1v) is 2.81. The van der Waals surface area contributed by atoms with Crippen molar-refractivity contribution < 1.29 is 17.6 Å². The first kappa shape index (κ1) is 9.68. The Morgan fingerprint density at radius 1 is 1.20 bits per heavy atom. The summed E-state index contributed by atoms with van der Waals surface area (Å²) in [5.41, 5.74) is 0. The predicted octanol–water partition coefficient (Wildman–Crippen LogP) is 1.84. The van der Waals surface area contributed by atoms with Crippen LogP contribution in [0.5, 0.6) is 0 Å². The Hall–Kier alpha value is -0.320. The highest BCUT2D eigenvalue weighted by molar-refractivity contribution is 4.65. The lowest BCUT2D eigenvalue weighted by Gasteiger charge is -2.15. The van der Waals surface area contributed by atoms with Crippen LogP contribution in [-0.2, 0) is 0 Å². The summed E-state index contributed by atoms with van der Waals surface area (Å²) in [6.07, 6.45) is -7.70. The van der Waals surface area contributed by atoms with E-state index in [1.807, 2.05) is 0 Å². The summed E-state index contributed by atoms with van der Waals surface area (Å²) in [7, 11) is 0. The van der Waals surface area contributed by atoms with Crippen molar-refractivity contribution in [2.75, 3.05) is 0 Å². The van der Waals surface area contributed by atoms with E-state index in [2.05, 4.69) is 0 Å². The van der Waals surface area contributed by atoms with E-state index in [0.717, 1.165) is 0 Å². The standard InChI is InChI=1S/C5H9F4N/c1-3(2)10-4(6)5(7,8)9/h3-4,10H,1-2H3. The van der Waals surface area contributed by atoms with Gasteiger partial charge in [-0.05, 0) is 13.8 Å². The summed E-state index contributed by atoms with van der Waals surface area (Å²) in [5.74, 6) is 0. The Bertz CT molecular complexity index is 98.3. The van der Waals surface area contributed by atoms with Crippen molar-refractivity contribution in [3.05, 3.63) is 0 Å². The van der Waals surface area contributed by atoms with E-state index < -0.39 is 18.5 Å². The van der Waals surface area contributed by atoms with Crippen LogP contribution in [0.2, 0.25) is 0 Å². The van der Waals surface area contributed by atoms with Gasteiger partial charge >= 0.3 is 6.18 Å². The molecule has 0 rings (SSSR count). The largest absolute Gasteiger partial charge is 0.433 e. The molecule has 5 heteroatoms. The van der Waals surface area contributed by atoms with Gasteiger partial charge in [0.25, 0.3) is 0 Å². The molecule has 0 aromatic heterocycles. The maximum Gasteiger partial charge on any atom is 0.433 e. The number of rotatable bonds is 2. The quantitative estimate of drug-likeness (QED) is 0.479. The van der Waals surface area contributed by atoms with Crippen LogP contribution in [0, 0.1) is 0 Å². The lowest BCUT2D eigenvalue weighted by Crippen LogP contribution is -2.42. The Kier molecular flexibility index (Phi) is 3.08. The van der Waals surface area contributed by atoms with Crippen molar-refractivity contribution >= 4 is 0 Å². The zero-order valence-electron chi connectivity index (χ0n) is 5.67. The van der Waals surface area contributed by atoms with Crippen LogP contribution >= 0.6 is 0 Å². The van der Waals surface area contributed by atoms with E-state index in [9.17, 15) is 17.6 Å². The molecular weight excluding hydrogens is 150 g/mol. The molecule has 0 aromatic carbocycles. The molecule has 0 saturated carbocycles. The summed E-state index contributed by atoms with van der Waals surface area (Å²) in [4.78, 5) is 0. The maximum absolute atomic E-state index is 11.9. The molecule has 0 radical (unpaired) electrons. The van der Waals surface area contributed by atoms with Crippen molar-refractivity contribution in [2.45, 2.75) is 32.4 Å². The lowest BCUT2D eigenvalue weighted by molar-refractivity contribution is -0.190. The van der Waals surface area contributed by atoms with E-state index in [0.29, 0.717) is 0 Å². The van der Waals surface area contributed by atoms with E-state index in [1.165, 1.54) is 13.8 Å². The van der Waals surface area contributed by atoms with Gasteiger partial charge in [0.1, 0.15) is 0 Å². The lowest BCUT2D eigenvalue weighted by atomic mass is 10.4. The van der Waals surface area contributed by atoms with Crippen LogP contribution < -0.4 is 5.32 Å². The third-order valence-corrected chi connectivity index (χ3v) is 0.767. The SMILES string of the molecule is CC(C)NC(F)C(F)(F)F. The second-order valence-corrected chi connectivity index (χ2v) is 2.23. The van der Waals surface area contributed by atoms with E-state index in [-0.39, 0.29) is 0 Å². The minimum absolute atomic E-state index is 0.503. The van der Waals surface area contributed by atoms with Crippen molar-refractivity contribution in [1.29, 1.82) is 0 Å². The van der Waals surface area contributed by atoms with Crippen molar-refractivity contribution in [3.63, 3.8) is 0 Å². The molecule has 0 aromatic rings. The van der Waals surface area contributed by atoms with E-state index >= 15 is 0 Å². The first-order chi connectivity index (χ1) is 4.34. The molecular formula is C5H9F4N. The monoisotopic (exact) mass is 159 g/mol. The van der Waals surface area contributed by atoms with Crippen LogP contribution in [0.3, 0.4) is 0 Å². The number of alkyl halides is 4. The number of hydrogen-bond acceptors (Lipinski definition) is 1. The summed E-state index contributed by atoms with van der Waals surface area (Å²) >= 11 is 0. The molecule has 0 fully saturated rings. The smallest absolute Gasteiger partial charge is 0.278 e. The summed E-state index contributed by atoms with van der Waals surface area (Å²) in [6.45, 7) is 2.89. The van der Waals surface area contributed by atoms with Gasteiger partial charge in [0.2, 0.25) is 6.30 Å². The average Bonchev–Trinajstić information content (AvgIpc) is 1.60. The fourth-order valence-electron chi connectivity index (χ4n) is 0.387. The van der Waals surface area contributed by atoms with Crippen LogP contribution in [0.15, 0.2) is 0 Å². The molecule has 1 N–H and O–H groups in total. The van der Waals surface area contributed by atoms with Crippen LogP contribution in [-0.4, -0.2) is 18.5 Å². The summed E-state index contributed by atoms with van der Waals surface area (Å²) < 4.78 is 46.0. The molecule has 0 bridgehead atoms. The second-order valence-electron chi connectivity index (χ2n) is 2.23. The minimum Gasteiger partial charge on any atom is -0.278 e. The maximum atomic E-state index is 11.9. The summed E-state index contributed by atoms with van der Waals surface area (Å²) in [6, 6.07) is -0.503. The highest BCUT2D eigenvalue weighted by Crippen LogP contribution is 2.20. The normalized spacial score (nSPS) is 15.9. The predicted molar refractivity (Wildman–Crippen MR) is 29.2 cm³/mol. The molecule has 0 aliphatic carbocycles. The third-order valence-electron chi connectivity index (χ3n) is 0.767. The number of nitrogens with one attached hydrogen (secondary N) is 1. The average molecular weight is 159 g/mol. The first-order valence-electron chi connectivity index (χ1n) is 2.81. The Morgan fingerprint density at radius 3 is 1.70 bits per heavy atom. The van der Waals surface area contributed by atoms with E-state index in [4.69, 9.17) is 0 Å². The number of hydrogen-bond donors (Lipinski definition) is 1. The van der Waals surface area contributed by atoms with Crippen molar-refractivity contribution in [2.24, 2.45) is 0 Å². The molecule has 1 nitrogen and oxygen atoms in total. The van der Waals surface area contributed by atoms with Gasteiger partial charge in [-0.15, -0.1) is 0 Å². The Balaban J connectivity index is 3.73. The van der Waals surface area contributed by atoms with Crippen LogP contribution in [0.1, 0.15) is 13.8 Å². The second kappa shape index (κ2) is 3.18. The van der Waals surface area contributed by atoms with Gasteiger partial charge in [0.05, 0.1) is 0 Å². The molecule has 0 heterocycles. The highest BCUT2D eigenvalue weighted by atomic mass is 19.4. The van der Waals surface area contributed by atoms with Gasteiger partial charge in [-0.3, -0.25) is 5.32 Å². The molecule has 62 valence electrons. The molecule has 0 aliphatic rings. The third kappa shape index (κ3) is 3.66. The van der Waals surface area contributed by atoms with Crippen LogP contribution in [0.25, 0.3) is 0 Å². The van der Waals surface area contributed by atoms with Crippen molar-refractivity contribution in [3.8, 4) is 0 Å². The molecule has 1 unspecified atom stereocenters. The van der Waals surface area contributed by atoms with Gasteiger partial charge in [-0.1, -0.05) is 0 Å². The molecule has 0 aliphatic heterocycles. The zero-order valence-corrected chi connectivity index (χ0v) is 5.67. The zero-order chi connectivity index (χ0) is 8.36. The van der Waals surface area contributed by atoms with Crippen molar-refractivity contribution in [1.82, 2.24) is 5.32 Å². The highest BCUT2D eigenvalue weighted by Gasteiger charge is 2.40. The fraction of sp³-hybridized carbons (Fsp3) is 1.00. The Labute approximate surface area is 56.4 Å². The van der Waals surface area contributed by atoms with Gasteiger partial charge < -0.3 is 0 Å². The number of halogens is 4. The Morgan fingerprint density at radius 2 is 1.60 bits per heavy atom. The topological polar surface area (TPSA) is 12.0 Å². The van der Waals surface area contributed by atoms with Gasteiger partial charge in [0.15, 0.2) is 0 Å². The molecule has 0 amide bonds. The summed E-state index contributed by atoms with van der Waals surface area (Å²) in [5, 5.41) is 1.69. The van der Waals surface area contributed by atoms with Gasteiger partial charge in [-0.25, -0.2) is 4.39 Å². The van der Waals surface area contributed by atoms with Gasteiger partial charge in [0, 0.05) is 6.04 Å².